The van der Waals surface area contributed by atoms with Gasteiger partial charge in [-0.3, -0.25) is 5.10 Å². The van der Waals surface area contributed by atoms with Gasteiger partial charge in [0.05, 0.1) is 6.20 Å². The van der Waals surface area contributed by atoms with E-state index >= 15 is 0 Å². The summed E-state index contributed by atoms with van der Waals surface area (Å²) in [5.74, 6) is 2.57. The minimum atomic E-state index is -0.453. The zero-order valence-electron chi connectivity index (χ0n) is 21.8. The van der Waals surface area contributed by atoms with E-state index in [-0.39, 0.29) is 6.09 Å². The van der Waals surface area contributed by atoms with E-state index in [0.29, 0.717) is 34.2 Å². The Balaban J connectivity index is 1.16. The van der Waals surface area contributed by atoms with Gasteiger partial charge in [-0.2, -0.15) is 10.1 Å². The molecule has 9 nitrogen and oxygen atoms in total. The number of ether oxygens (including phenoxy) is 1. The van der Waals surface area contributed by atoms with Crippen LogP contribution in [0.4, 0.5) is 22.4 Å². The monoisotopic (exact) mass is 515 g/mol. The number of amides is 1. The van der Waals surface area contributed by atoms with Gasteiger partial charge in [0.15, 0.2) is 11.6 Å². The average Bonchev–Trinajstić information content (AvgIpc) is 3.58. The molecule has 2 saturated carbocycles. The third-order valence-corrected chi connectivity index (χ3v) is 8.22. The highest BCUT2D eigenvalue weighted by Crippen LogP contribution is 2.46. The first-order chi connectivity index (χ1) is 17.1. The fourth-order valence-electron chi connectivity index (χ4n) is 5.50. The second-order valence-electron chi connectivity index (χ2n) is 11.8. The Hall–Kier alpha value is -2.55. The lowest BCUT2D eigenvalue weighted by Gasteiger charge is -2.47. The van der Waals surface area contributed by atoms with Crippen molar-refractivity contribution in [1.29, 1.82) is 0 Å². The predicted octanol–water partition coefficient (Wildman–Crippen LogP) is 5.87. The van der Waals surface area contributed by atoms with Crippen molar-refractivity contribution in [2.45, 2.75) is 89.7 Å². The Kier molecular flexibility index (Phi) is 6.78. The fraction of sp³-hybridized carbons (Fsp3) is 0.692. The Morgan fingerprint density at radius 1 is 1.19 bits per heavy atom. The van der Waals surface area contributed by atoms with E-state index in [1.165, 1.54) is 12.8 Å². The molecule has 2 aromatic heterocycles. The van der Waals surface area contributed by atoms with Crippen molar-refractivity contribution in [2.75, 3.05) is 30.4 Å². The molecule has 36 heavy (non-hydrogen) atoms. The van der Waals surface area contributed by atoms with E-state index in [1.807, 2.05) is 31.7 Å². The van der Waals surface area contributed by atoms with Gasteiger partial charge in [-0.15, -0.1) is 0 Å². The van der Waals surface area contributed by atoms with Crippen LogP contribution < -0.4 is 10.2 Å². The van der Waals surface area contributed by atoms with Crippen LogP contribution in [0.1, 0.15) is 83.7 Å². The van der Waals surface area contributed by atoms with Gasteiger partial charge in [0.1, 0.15) is 10.6 Å². The van der Waals surface area contributed by atoms with E-state index in [2.05, 4.69) is 32.4 Å². The lowest BCUT2D eigenvalue weighted by molar-refractivity contribution is 0.00351. The second-order valence-corrected chi connectivity index (χ2v) is 12.2. The van der Waals surface area contributed by atoms with E-state index < -0.39 is 5.60 Å². The molecule has 5 rings (SSSR count). The molecule has 1 amide bonds. The van der Waals surface area contributed by atoms with Gasteiger partial charge in [-0.25, -0.2) is 9.78 Å². The first-order valence-corrected chi connectivity index (χ1v) is 13.5. The summed E-state index contributed by atoms with van der Waals surface area (Å²) in [6, 6.07) is 2.41. The molecule has 3 fully saturated rings. The molecule has 1 spiro atoms. The van der Waals surface area contributed by atoms with Gasteiger partial charge in [-0.05, 0) is 77.6 Å². The van der Waals surface area contributed by atoms with Crippen LogP contribution in [0.15, 0.2) is 12.3 Å². The summed E-state index contributed by atoms with van der Waals surface area (Å²) in [5, 5.41) is 11.2. The summed E-state index contributed by atoms with van der Waals surface area (Å²) >= 11 is 6.40. The number of H-pyrrole nitrogens is 1. The zero-order valence-corrected chi connectivity index (χ0v) is 22.6. The van der Waals surface area contributed by atoms with Gasteiger partial charge in [0, 0.05) is 43.9 Å². The van der Waals surface area contributed by atoms with Crippen molar-refractivity contribution in [2.24, 2.45) is 5.41 Å². The summed E-state index contributed by atoms with van der Waals surface area (Å²) in [7, 11) is 2.07. The second kappa shape index (κ2) is 9.72. The van der Waals surface area contributed by atoms with E-state index in [0.717, 1.165) is 63.1 Å². The molecule has 2 aliphatic carbocycles. The number of rotatable bonds is 5. The summed E-state index contributed by atoms with van der Waals surface area (Å²) in [4.78, 5) is 25.8. The van der Waals surface area contributed by atoms with Crippen LogP contribution in [0.25, 0.3) is 0 Å². The van der Waals surface area contributed by atoms with Crippen LogP contribution in [0.3, 0.4) is 0 Å². The van der Waals surface area contributed by atoms with Gasteiger partial charge >= 0.3 is 6.09 Å². The SMILES string of the molecule is CN(c1ncc(Cl)c(Nc2cc(C3CC3)[nH]n2)n1)C1CCC2(CC1)CCN(C(=O)OC(C)(C)C)CC2. The van der Waals surface area contributed by atoms with Crippen molar-refractivity contribution in [3.05, 3.63) is 23.0 Å². The number of carbonyl (C=O) groups excluding carboxylic acids is 1. The molecule has 0 atom stereocenters. The van der Waals surface area contributed by atoms with Crippen LogP contribution in [-0.4, -0.2) is 62.9 Å². The first-order valence-electron chi connectivity index (χ1n) is 13.2. The van der Waals surface area contributed by atoms with Gasteiger partial charge in [-0.1, -0.05) is 11.6 Å². The van der Waals surface area contributed by atoms with Crippen LogP contribution >= 0.6 is 11.6 Å². The number of likely N-dealkylation sites (tertiary alicyclic amines) is 1. The van der Waals surface area contributed by atoms with E-state index in [9.17, 15) is 4.79 Å². The maximum Gasteiger partial charge on any atom is 0.410 e. The number of hydrogen-bond acceptors (Lipinski definition) is 7. The van der Waals surface area contributed by atoms with Crippen molar-refractivity contribution in [1.82, 2.24) is 25.1 Å². The molecule has 1 aliphatic heterocycles. The minimum Gasteiger partial charge on any atom is -0.444 e. The molecular weight excluding hydrogens is 478 g/mol. The van der Waals surface area contributed by atoms with Crippen LogP contribution in [-0.2, 0) is 4.74 Å². The van der Waals surface area contributed by atoms with Crippen molar-refractivity contribution >= 4 is 35.3 Å². The molecule has 3 heterocycles. The van der Waals surface area contributed by atoms with E-state index in [1.54, 1.807) is 6.20 Å². The van der Waals surface area contributed by atoms with Crippen LogP contribution in [0.2, 0.25) is 5.02 Å². The lowest BCUT2D eigenvalue weighted by Crippen LogP contribution is -2.48. The predicted molar refractivity (Wildman–Crippen MR) is 141 cm³/mol. The zero-order chi connectivity index (χ0) is 25.5. The minimum absolute atomic E-state index is 0.186. The lowest BCUT2D eigenvalue weighted by atomic mass is 9.67. The van der Waals surface area contributed by atoms with Gasteiger partial charge in [0.25, 0.3) is 0 Å². The van der Waals surface area contributed by atoms with E-state index in [4.69, 9.17) is 21.3 Å². The quantitative estimate of drug-likeness (QED) is 0.513. The first kappa shape index (κ1) is 25.1. The smallest absolute Gasteiger partial charge is 0.410 e. The largest absolute Gasteiger partial charge is 0.444 e. The van der Waals surface area contributed by atoms with Crippen molar-refractivity contribution in [3.63, 3.8) is 0 Å². The number of aromatic nitrogens is 4. The Morgan fingerprint density at radius 2 is 1.89 bits per heavy atom. The molecule has 2 aromatic rings. The maximum absolute atomic E-state index is 12.4. The molecule has 0 bridgehead atoms. The molecule has 0 aromatic carbocycles. The van der Waals surface area contributed by atoms with Crippen molar-refractivity contribution < 1.29 is 9.53 Å². The summed E-state index contributed by atoms with van der Waals surface area (Å²) in [6.45, 7) is 7.31. The third-order valence-electron chi connectivity index (χ3n) is 7.95. The molecule has 196 valence electrons. The number of piperidine rings is 1. The molecule has 0 radical (unpaired) electrons. The number of nitrogens with zero attached hydrogens (tertiary/aromatic N) is 5. The molecular formula is C26H38ClN7O2. The normalized spacial score (nSPS) is 20.4. The molecule has 1 saturated heterocycles. The molecule has 3 aliphatic rings. The van der Waals surface area contributed by atoms with Gasteiger partial charge in [0.2, 0.25) is 5.95 Å². The topological polar surface area (TPSA) is 99.3 Å². The van der Waals surface area contributed by atoms with Crippen LogP contribution in [0.5, 0.6) is 0 Å². The Morgan fingerprint density at radius 3 is 2.53 bits per heavy atom. The maximum atomic E-state index is 12.4. The number of aromatic amines is 1. The average molecular weight is 516 g/mol. The highest BCUT2D eigenvalue weighted by atomic mass is 35.5. The molecule has 0 unspecified atom stereocenters. The van der Waals surface area contributed by atoms with Gasteiger partial charge < -0.3 is 19.9 Å². The third kappa shape index (κ3) is 5.71. The number of carbonyl (C=O) groups is 1. The standard InChI is InChI=1S/C26H38ClN7O2/c1-25(2,3)36-24(35)34-13-11-26(12-14-34)9-7-18(8-10-26)33(4)23-28-16-19(27)22(30-23)29-21-15-20(31-32-21)17-5-6-17/h15-18H,5-14H2,1-4H3,(H2,28,29,30,31,32). The summed E-state index contributed by atoms with van der Waals surface area (Å²) in [5.41, 5.74) is 1.03. The van der Waals surface area contributed by atoms with Crippen molar-refractivity contribution in [3.8, 4) is 0 Å². The Bertz CT molecular complexity index is 1080. The number of hydrogen-bond donors (Lipinski definition) is 2. The van der Waals surface area contributed by atoms with Crippen LogP contribution in [0, 0.1) is 5.41 Å². The highest BCUT2D eigenvalue weighted by Gasteiger charge is 2.40. The molecule has 10 heteroatoms. The number of nitrogens with one attached hydrogen (secondary N) is 2. The highest BCUT2D eigenvalue weighted by molar-refractivity contribution is 6.32. The molecule has 2 N–H and O–H groups in total. The number of halogens is 1. The summed E-state index contributed by atoms with van der Waals surface area (Å²) in [6.07, 6.45) is 10.5. The fourth-order valence-corrected chi connectivity index (χ4v) is 5.63. The number of anilines is 3. The summed E-state index contributed by atoms with van der Waals surface area (Å²) < 4.78 is 5.57. The Labute approximate surface area is 218 Å².